The van der Waals surface area contributed by atoms with Crippen molar-refractivity contribution in [1.29, 1.82) is 0 Å². The first-order valence-electron chi connectivity index (χ1n) is 6.88. The lowest BCUT2D eigenvalue weighted by Crippen LogP contribution is -2.41. The average Bonchev–Trinajstić information content (AvgIpc) is 2.72. The predicted octanol–water partition coefficient (Wildman–Crippen LogP) is 1.38. The van der Waals surface area contributed by atoms with Gasteiger partial charge in [0.15, 0.2) is 0 Å². The highest BCUT2D eigenvalue weighted by atomic mass is 16.2. The van der Waals surface area contributed by atoms with Crippen molar-refractivity contribution in [2.45, 2.75) is 52.7 Å². The summed E-state index contributed by atoms with van der Waals surface area (Å²) >= 11 is 0. The van der Waals surface area contributed by atoms with Crippen molar-refractivity contribution in [3.8, 4) is 0 Å². The summed E-state index contributed by atoms with van der Waals surface area (Å²) in [5, 5.41) is 0. The predicted molar refractivity (Wildman–Crippen MR) is 74.3 cm³/mol. The Hall–Kier alpha value is -1.36. The molecule has 0 bridgehead atoms. The molecule has 1 amide bonds. The fourth-order valence-electron chi connectivity index (χ4n) is 2.60. The van der Waals surface area contributed by atoms with Crippen molar-refractivity contribution in [3.05, 3.63) is 18.2 Å². The smallest absolute Gasteiger partial charge is 0.224 e. The zero-order chi connectivity index (χ0) is 14.0. The van der Waals surface area contributed by atoms with Crippen molar-refractivity contribution in [3.63, 3.8) is 0 Å². The number of rotatable bonds is 3. The third-order valence-electron chi connectivity index (χ3n) is 3.41. The summed E-state index contributed by atoms with van der Waals surface area (Å²) in [6, 6.07) is -0.0610. The van der Waals surface area contributed by atoms with Crippen molar-refractivity contribution < 1.29 is 4.79 Å². The van der Waals surface area contributed by atoms with Gasteiger partial charge in [0.1, 0.15) is 5.82 Å². The van der Waals surface area contributed by atoms with Crippen molar-refractivity contribution in [2.75, 3.05) is 6.54 Å². The molecule has 1 aromatic heterocycles. The zero-order valence-corrected chi connectivity index (χ0v) is 12.1. The Balaban J connectivity index is 1.88. The topological polar surface area (TPSA) is 64.2 Å². The average molecular weight is 264 g/mol. The second-order valence-corrected chi connectivity index (χ2v) is 6.58. The Labute approximate surface area is 114 Å². The molecule has 1 aromatic rings. The van der Waals surface area contributed by atoms with Crippen LogP contribution >= 0.6 is 0 Å². The highest BCUT2D eigenvalue weighted by molar-refractivity contribution is 5.76. The van der Waals surface area contributed by atoms with Gasteiger partial charge in [-0.1, -0.05) is 20.8 Å². The van der Waals surface area contributed by atoms with Crippen molar-refractivity contribution in [2.24, 2.45) is 11.1 Å². The number of carbonyl (C=O) groups excluding carboxylic acids is 1. The molecule has 0 saturated heterocycles. The number of amides is 1. The molecule has 5 nitrogen and oxygen atoms in total. The van der Waals surface area contributed by atoms with E-state index in [1.165, 1.54) is 0 Å². The van der Waals surface area contributed by atoms with Crippen LogP contribution in [0.15, 0.2) is 12.4 Å². The normalized spacial score (nSPS) is 17.2. The number of hydrogen-bond donors (Lipinski definition) is 1. The maximum absolute atomic E-state index is 12.2. The molecule has 106 valence electrons. The molecular formula is C14H24N4O. The largest absolute Gasteiger partial charge is 0.333 e. The number of aromatic nitrogens is 2. The first-order valence-corrected chi connectivity index (χ1v) is 6.88. The molecular weight excluding hydrogens is 240 g/mol. The van der Waals surface area contributed by atoms with Gasteiger partial charge < -0.3 is 15.2 Å². The molecule has 0 aliphatic carbocycles. The minimum absolute atomic E-state index is 0.0610. The van der Waals surface area contributed by atoms with E-state index in [1.807, 2.05) is 11.1 Å². The summed E-state index contributed by atoms with van der Waals surface area (Å²) in [5.41, 5.74) is 6.24. The van der Waals surface area contributed by atoms with Crippen LogP contribution < -0.4 is 5.73 Å². The Morgan fingerprint density at radius 2 is 2.21 bits per heavy atom. The van der Waals surface area contributed by atoms with Gasteiger partial charge in [0, 0.05) is 37.9 Å². The highest BCUT2D eigenvalue weighted by Gasteiger charge is 2.24. The molecule has 0 radical (unpaired) electrons. The third kappa shape index (κ3) is 3.80. The van der Waals surface area contributed by atoms with Gasteiger partial charge in [-0.25, -0.2) is 4.98 Å². The molecule has 1 aliphatic rings. The molecule has 2 rings (SSSR count). The van der Waals surface area contributed by atoms with E-state index in [1.54, 1.807) is 6.20 Å². The summed E-state index contributed by atoms with van der Waals surface area (Å²) in [5.74, 6) is 1.11. The van der Waals surface area contributed by atoms with E-state index in [2.05, 4.69) is 30.3 Å². The summed E-state index contributed by atoms with van der Waals surface area (Å²) in [7, 11) is 0. The van der Waals surface area contributed by atoms with Crippen LogP contribution in [0.5, 0.6) is 0 Å². The molecule has 0 saturated carbocycles. The standard InChI is InChI=1S/C14H24N4O/c1-14(2,3)9-11(15)8-13(19)18-7-6-17-5-4-16-12(17)10-18/h4-5,11H,6-10,15H2,1-3H3. The van der Waals surface area contributed by atoms with E-state index < -0.39 is 0 Å². The summed E-state index contributed by atoms with van der Waals surface area (Å²) in [6.07, 6.45) is 5.04. The minimum Gasteiger partial charge on any atom is -0.333 e. The second kappa shape index (κ2) is 5.33. The minimum atomic E-state index is -0.0610. The third-order valence-corrected chi connectivity index (χ3v) is 3.41. The summed E-state index contributed by atoms with van der Waals surface area (Å²) in [4.78, 5) is 18.4. The van der Waals surface area contributed by atoms with E-state index in [0.29, 0.717) is 13.0 Å². The second-order valence-electron chi connectivity index (χ2n) is 6.58. The molecule has 19 heavy (non-hydrogen) atoms. The number of hydrogen-bond acceptors (Lipinski definition) is 3. The molecule has 1 unspecified atom stereocenters. The number of imidazole rings is 1. The molecule has 1 atom stereocenters. The number of carbonyl (C=O) groups is 1. The van der Waals surface area contributed by atoms with E-state index in [0.717, 1.165) is 25.3 Å². The molecule has 0 fully saturated rings. The zero-order valence-electron chi connectivity index (χ0n) is 12.1. The maximum Gasteiger partial charge on any atom is 0.224 e. The Morgan fingerprint density at radius 3 is 2.89 bits per heavy atom. The van der Waals surface area contributed by atoms with Crippen LogP contribution in [-0.4, -0.2) is 32.9 Å². The van der Waals surface area contributed by atoms with Gasteiger partial charge in [-0.15, -0.1) is 0 Å². The van der Waals surface area contributed by atoms with Gasteiger partial charge in [0.05, 0.1) is 6.54 Å². The number of fused-ring (bicyclic) bond motifs is 1. The Morgan fingerprint density at radius 1 is 1.47 bits per heavy atom. The first kappa shape index (κ1) is 14.1. The molecule has 2 heterocycles. The van der Waals surface area contributed by atoms with Gasteiger partial charge >= 0.3 is 0 Å². The van der Waals surface area contributed by atoms with Gasteiger partial charge in [0.25, 0.3) is 0 Å². The Bertz CT molecular complexity index is 447. The lowest BCUT2D eigenvalue weighted by atomic mass is 9.87. The molecule has 2 N–H and O–H groups in total. The lowest BCUT2D eigenvalue weighted by molar-refractivity contribution is -0.133. The van der Waals surface area contributed by atoms with E-state index >= 15 is 0 Å². The fraction of sp³-hybridized carbons (Fsp3) is 0.714. The van der Waals surface area contributed by atoms with E-state index in [-0.39, 0.29) is 17.4 Å². The van der Waals surface area contributed by atoms with Gasteiger partial charge in [0.2, 0.25) is 5.91 Å². The van der Waals surface area contributed by atoms with Crippen LogP contribution in [0.25, 0.3) is 0 Å². The SMILES string of the molecule is CC(C)(C)CC(N)CC(=O)N1CCn2ccnc2C1. The lowest BCUT2D eigenvalue weighted by Gasteiger charge is -2.29. The van der Waals surface area contributed by atoms with Crippen LogP contribution in [-0.2, 0) is 17.9 Å². The summed E-state index contributed by atoms with van der Waals surface area (Å²) in [6.45, 7) is 8.63. The monoisotopic (exact) mass is 264 g/mol. The number of nitrogens with zero attached hydrogens (tertiary/aromatic N) is 3. The van der Waals surface area contributed by atoms with Gasteiger partial charge in [-0.05, 0) is 11.8 Å². The quantitative estimate of drug-likeness (QED) is 0.897. The van der Waals surface area contributed by atoms with Gasteiger partial charge in [-0.3, -0.25) is 4.79 Å². The molecule has 1 aliphatic heterocycles. The van der Waals surface area contributed by atoms with Crippen LogP contribution in [0.2, 0.25) is 0 Å². The van der Waals surface area contributed by atoms with Crippen molar-refractivity contribution >= 4 is 5.91 Å². The van der Waals surface area contributed by atoms with Crippen LogP contribution in [0.1, 0.15) is 39.4 Å². The molecule has 0 spiro atoms. The Kier molecular flexibility index (Phi) is 3.94. The molecule has 5 heteroatoms. The van der Waals surface area contributed by atoms with Crippen LogP contribution in [0.4, 0.5) is 0 Å². The van der Waals surface area contributed by atoms with Crippen LogP contribution in [0, 0.1) is 5.41 Å². The molecule has 0 aromatic carbocycles. The van der Waals surface area contributed by atoms with E-state index in [9.17, 15) is 4.79 Å². The first-order chi connectivity index (χ1) is 8.85. The number of nitrogens with two attached hydrogens (primary N) is 1. The van der Waals surface area contributed by atoms with Crippen molar-refractivity contribution in [1.82, 2.24) is 14.5 Å². The highest BCUT2D eigenvalue weighted by Crippen LogP contribution is 2.22. The van der Waals surface area contributed by atoms with E-state index in [4.69, 9.17) is 5.73 Å². The maximum atomic E-state index is 12.2. The fourth-order valence-corrected chi connectivity index (χ4v) is 2.60. The summed E-state index contributed by atoms with van der Waals surface area (Å²) < 4.78 is 2.10. The van der Waals surface area contributed by atoms with Crippen LogP contribution in [0.3, 0.4) is 0 Å². The van der Waals surface area contributed by atoms with Gasteiger partial charge in [-0.2, -0.15) is 0 Å².